The van der Waals surface area contributed by atoms with Crippen LogP contribution in [0.15, 0.2) is 29.7 Å². The molecule has 0 aromatic carbocycles. The third kappa shape index (κ3) is 3.96. The van der Waals surface area contributed by atoms with Gasteiger partial charge < -0.3 is 5.32 Å². The molecular weight excluding hydrogens is 356 g/mol. The van der Waals surface area contributed by atoms with Crippen molar-refractivity contribution in [1.82, 2.24) is 29.2 Å². The smallest absolute Gasteiger partial charge is 0.246 e. The van der Waals surface area contributed by atoms with Crippen LogP contribution in [-0.4, -0.2) is 51.3 Å². The lowest BCUT2D eigenvalue weighted by Gasteiger charge is -2.30. The minimum Gasteiger partial charge on any atom is -0.352 e. The number of rotatable bonds is 6. The van der Waals surface area contributed by atoms with E-state index >= 15 is 0 Å². The summed E-state index contributed by atoms with van der Waals surface area (Å²) in [4.78, 5) is 12.6. The molecule has 1 N–H and O–H groups in total. The van der Waals surface area contributed by atoms with Crippen LogP contribution in [0.4, 0.5) is 0 Å². The van der Waals surface area contributed by atoms with Gasteiger partial charge in [-0.15, -0.1) is 0 Å². The van der Waals surface area contributed by atoms with Crippen molar-refractivity contribution in [3.8, 4) is 0 Å². The van der Waals surface area contributed by atoms with Crippen LogP contribution in [0.5, 0.6) is 0 Å². The number of piperidine rings is 1. The summed E-state index contributed by atoms with van der Waals surface area (Å²) in [6, 6.07) is 0. The maximum absolute atomic E-state index is 12.7. The zero-order valence-electron chi connectivity index (χ0n) is 15.0. The number of nitrogens with one attached hydrogen (secondary N) is 1. The number of aryl methyl sites for hydroxylation is 2. The molecule has 1 unspecified atom stereocenters. The lowest BCUT2D eigenvalue weighted by Crippen LogP contribution is -2.45. The SMILES string of the molecule is CCn1cc(CNC(=O)C2CCCN(S(=O)(=O)c3cnn(C)c3)C2)cn1. The molecular formula is C16H24N6O3S. The highest BCUT2D eigenvalue weighted by Gasteiger charge is 2.33. The molecule has 1 aliphatic heterocycles. The number of amides is 1. The highest BCUT2D eigenvalue weighted by Crippen LogP contribution is 2.23. The predicted octanol–water partition coefficient (Wildman–Crippen LogP) is 0.354. The summed E-state index contributed by atoms with van der Waals surface area (Å²) in [6.45, 7) is 3.78. The highest BCUT2D eigenvalue weighted by atomic mass is 32.2. The van der Waals surface area contributed by atoms with E-state index in [1.807, 2.05) is 13.1 Å². The minimum atomic E-state index is -3.62. The van der Waals surface area contributed by atoms with E-state index in [0.717, 1.165) is 12.1 Å². The van der Waals surface area contributed by atoms with Crippen LogP contribution in [0.2, 0.25) is 0 Å². The van der Waals surface area contributed by atoms with Crippen LogP contribution in [0, 0.1) is 5.92 Å². The van der Waals surface area contributed by atoms with Crippen molar-refractivity contribution in [1.29, 1.82) is 0 Å². The van der Waals surface area contributed by atoms with Gasteiger partial charge in [-0.25, -0.2) is 8.42 Å². The molecule has 1 fully saturated rings. The lowest BCUT2D eigenvalue weighted by molar-refractivity contribution is -0.126. The van der Waals surface area contributed by atoms with Crippen LogP contribution in [0.1, 0.15) is 25.3 Å². The van der Waals surface area contributed by atoms with Crippen LogP contribution in [0.3, 0.4) is 0 Å². The summed E-state index contributed by atoms with van der Waals surface area (Å²) in [5.41, 5.74) is 0.927. The molecule has 142 valence electrons. The van der Waals surface area contributed by atoms with E-state index in [2.05, 4.69) is 15.5 Å². The molecule has 1 saturated heterocycles. The van der Waals surface area contributed by atoms with Crippen LogP contribution in [-0.2, 0) is 35.0 Å². The summed E-state index contributed by atoms with van der Waals surface area (Å²) >= 11 is 0. The van der Waals surface area contributed by atoms with Gasteiger partial charge in [0.25, 0.3) is 0 Å². The monoisotopic (exact) mass is 380 g/mol. The van der Waals surface area contributed by atoms with Gasteiger partial charge in [-0.1, -0.05) is 0 Å². The molecule has 0 radical (unpaired) electrons. The summed E-state index contributed by atoms with van der Waals surface area (Å²) in [5.74, 6) is -0.475. The van der Waals surface area contributed by atoms with E-state index < -0.39 is 10.0 Å². The average Bonchev–Trinajstić information content (AvgIpc) is 3.28. The first-order valence-electron chi connectivity index (χ1n) is 8.68. The first-order valence-corrected chi connectivity index (χ1v) is 10.1. The van der Waals surface area contributed by atoms with E-state index in [0.29, 0.717) is 25.9 Å². The van der Waals surface area contributed by atoms with Gasteiger partial charge in [-0.3, -0.25) is 14.2 Å². The Hall–Kier alpha value is -2.20. The van der Waals surface area contributed by atoms with Gasteiger partial charge in [0.05, 0.1) is 18.3 Å². The van der Waals surface area contributed by atoms with Gasteiger partial charge in [0.15, 0.2) is 0 Å². The molecule has 10 heteroatoms. The third-order valence-corrected chi connectivity index (χ3v) is 6.37. The first kappa shape index (κ1) is 18.6. The molecule has 0 saturated carbocycles. The second-order valence-electron chi connectivity index (χ2n) is 6.47. The topological polar surface area (TPSA) is 102 Å². The Labute approximate surface area is 153 Å². The number of hydrogen-bond acceptors (Lipinski definition) is 5. The molecule has 2 aromatic rings. The Bertz CT molecular complexity index is 872. The van der Waals surface area contributed by atoms with Gasteiger partial charge in [0.2, 0.25) is 15.9 Å². The second-order valence-corrected chi connectivity index (χ2v) is 8.41. The maximum atomic E-state index is 12.7. The van der Waals surface area contributed by atoms with E-state index in [1.165, 1.54) is 21.4 Å². The van der Waals surface area contributed by atoms with Gasteiger partial charge in [0.1, 0.15) is 4.90 Å². The van der Waals surface area contributed by atoms with Gasteiger partial charge in [-0.05, 0) is 19.8 Å². The summed E-state index contributed by atoms with van der Waals surface area (Å²) in [6.07, 6.45) is 7.77. The summed E-state index contributed by atoms with van der Waals surface area (Å²) in [7, 11) is -1.95. The zero-order chi connectivity index (χ0) is 18.7. The van der Waals surface area contributed by atoms with Crippen molar-refractivity contribution >= 4 is 15.9 Å². The van der Waals surface area contributed by atoms with Gasteiger partial charge >= 0.3 is 0 Å². The van der Waals surface area contributed by atoms with Crippen LogP contribution in [0.25, 0.3) is 0 Å². The molecule has 3 rings (SSSR count). The minimum absolute atomic E-state index is 0.125. The normalized spacial score (nSPS) is 18.8. The largest absolute Gasteiger partial charge is 0.352 e. The zero-order valence-corrected chi connectivity index (χ0v) is 15.8. The second kappa shape index (κ2) is 7.58. The van der Waals surface area contributed by atoms with Crippen molar-refractivity contribution < 1.29 is 13.2 Å². The fourth-order valence-corrected chi connectivity index (χ4v) is 4.57. The van der Waals surface area contributed by atoms with Crippen molar-refractivity contribution in [2.75, 3.05) is 13.1 Å². The molecule has 1 amide bonds. The highest BCUT2D eigenvalue weighted by molar-refractivity contribution is 7.89. The Morgan fingerprint density at radius 3 is 2.77 bits per heavy atom. The standard InChI is InChI=1S/C16H24N6O3S/c1-3-21-10-13(8-19-21)7-17-16(23)14-5-4-6-22(11-14)26(24,25)15-9-18-20(2)12-15/h8-10,12,14H,3-7,11H2,1-2H3,(H,17,23). The maximum Gasteiger partial charge on any atom is 0.246 e. The molecule has 0 spiro atoms. The van der Waals surface area contributed by atoms with E-state index in [4.69, 9.17) is 0 Å². The molecule has 0 aliphatic carbocycles. The van der Waals surface area contributed by atoms with E-state index in [9.17, 15) is 13.2 Å². The fourth-order valence-electron chi connectivity index (χ4n) is 3.06. The quantitative estimate of drug-likeness (QED) is 0.779. The van der Waals surface area contributed by atoms with Crippen LogP contribution < -0.4 is 5.32 Å². The summed E-state index contributed by atoms with van der Waals surface area (Å²) in [5, 5.41) is 11.0. The van der Waals surface area contributed by atoms with E-state index in [-0.39, 0.29) is 23.3 Å². The number of carbonyl (C=O) groups is 1. The molecule has 2 aromatic heterocycles. The predicted molar refractivity (Wildman–Crippen MR) is 94.4 cm³/mol. The number of sulfonamides is 1. The molecule has 3 heterocycles. The Balaban J connectivity index is 1.61. The van der Waals surface area contributed by atoms with E-state index in [1.54, 1.807) is 17.9 Å². The fraction of sp³-hybridized carbons (Fsp3) is 0.562. The lowest BCUT2D eigenvalue weighted by atomic mass is 9.99. The van der Waals surface area contributed by atoms with Crippen molar-refractivity contribution in [3.05, 3.63) is 30.4 Å². The Kier molecular flexibility index (Phi) is 5.42. The van der Waals surface area contributed by atoms with Crippen LogP contribution >= 0.6 is 0 Å². The molecule has 1 aliphatic rings. The summed E-state index contributed by atoms with van der Waals surface area (Å²) < 4.78 is 30.1. The number of nitrogens with zero attached hydrogens (tertiary/aromatic N) is 5. The van der Waals surface area contributed by atoms with Gasteiger partial charge in [-0.2, -0.15) is 14.5 Å². The molecule has 9 nitrogen and oxygen atoms in total. The number of hydrogen-bond donors (Lipinski definition) is 1. The molecule has 0 bridgehead atoms. The number of carbonyl (C=O) groups excluding carboxylic acids is 1. The van der Waals surface area contributed by atoms with Gasteiger partial charge in [0, 0.05) is 51.2 Å². The number of aromatic nitrogens is 4. The average molecular weight is 380 g/mol. The molecule has 26 heavy (non-hydrogen) atoms. The Morgan fingerprint density at radius 2 is 2.12 bits per heavy atom. The Morgan fingerprint density at radius 1 is 1.31 bits per heavy atom. The van der Waals surface area contributed by atoms with Crippen molar-refractivity contribution in [3.63, 3.8) is 0 Å². The molecule has 1 atom stereocenters. The van der Waals surface area contributed by atoms with Crippen molar-refractivity contribution in [2.24, 2.45) is 13.0 Å². The first-order chi connectivity index (χ1) is 12.4. The third-order valence-electron chi connectivity index (χ3n) is 4.55. The van der Waals surface area contributed by atoms with Crippen molar-refractivity contribution in [2.45, 2.75) is 37.8 Å².